The number of aliphatic hydroxyl groups is 1. The van der Waals surface area contributed by atoms with E-state index in [1.165, 1.54) is 6.42 Å². The van der Waals surface area contributed by atoms with Crippen LogP contribution in [0, 0.1) is 5.92 Å². The summed E-state index contributed by atoms with van der Waals surface area (Å²) in [6, 6.07) is 0. The van der Waals surface area contributed by atoms with Gasteiger partial charge in [-0.05, 0) is 32.1 Å². The molecule has 0 bridgehead atoms. The molecule has 0 radical (unpaired) electrons. The SMILES string of the molecule is CCOC1(C(C)C)CCCCN1OCCO. The van der Waals surface area contributed by atoms with Gasteiger partial charge < -0.3 is 9.84 Å². The molecule has 0 aromatic rings. The molecule has 1 N–H and O–H groups in total. The first-order chi connectivity index (χ1) is 7.67. The summed E-state index contributed by atoms with van der Waals surface area (Å²) in [6.07, 6.45) is 3.31. The second kappa shape index (κ2) is 6.55. The van der Waals surface area contributed by atoms with Crippen molar-refractivity contribution >= 4 is 0 Å². The Morgan fingerprint density at radius 2 is 2.12 bits per heavy atom. The Balaban J connectivity index is 2.73. The van der Waals surface area contributed by atoms with Gasteiger partial charge in [0.1, 0.15) is 5.72 Å². The second-order valence-electron chi connectivity index (χ2n) is 4.55. The predicted molar refractivity (Wildman–Crippen MR) is 62.8 cm³/mol. The van der Waals surface area contributed by atoms with E-state index < -0.39 is 0 Å². The fourth-order valence-electron chi connectivity index (χ4n) is 2.41. The fraction of sp³-hybridized carbons (Fsp3) is 1.00. The summed E-state index contributed by atoms with van der Waals surface area (Å²) in [5.41, 5.74) is -0.303. The number of nitrogens with zero attached hydrogens (tertiary/aromatic N) is 1. The molecule has 1 saturated heterocycles. The highest BCUT2D eigenvalue weighted by Gasteiger charge is 2.43. The highest BCUT2D eigenvalue weighted by molar-refractivity contribution is 4.84. The van der Waals surface area contributed by atoms with Crippen LogP contribution in [0.1, 0.15) is 40.0 Å². The van der Waals surface area contributed by atoms with Crippen LogP contribution in [0.2, 0.25) is 0 Å². The van der Waals surface area contributed by atoms with Crippen LogP contribution in [0.4, 0.5) is 0 Å². The molecule has 1 unspecified atom stereocenters. The highest BCUT2D eigenvalue weighted by Crippen LogP contribution is 2.36. The lowest BCUT2D eigenvalue weighted by Crippen LogP contribution is -2.57. The van der Waals surface area contributed by atoms with Crippen molar-refractivity contribution in [3.63, 3.8) is 0 Å². The van der Waals surface area contributed by atoms with Crippen LogP contribution in [0.3, 0.4) is 0 Å². The largest absolute Gasteiger partial charge is 0.394 e. The number of ether oxygens (including phenoxy) is 1. The van der Waals surface area contributed by atoms with E-state index in [1.54, 1.807) is 0 Å². The van der Waals surface area contributed by atoms with Gasteiger partial charge in [0.25, 0.3) is 0 Å². The van der Waals surface area contributed by atoms with E-state index in [0.717, 1.165) is 19.4 Å². The van der Waals surface area contributed by atoms with Gasteiger partial charge >= 0.3 is 0 Å². The Morgan fingerprint density at radius 1 is 1.38 bits per heavy atom. The lowest BCUT2D eigenvalue weighted by atomic mass is 9.90. The molecule has 4 nitrogen and oxygen atoms in total. The molecule has 0 aliphatic carbocycles. The molecule has 0 aromatic heterocycles. The molecule has 1 atom stereocenters. The van der Waals surface area contributed by atoms with Crippen molar-refractivity contribution in [1.29, 1.82) is 0 Å². The number of rotatable bonds is 6. The summed E-state index contributed by atoms with van der Waals surface area (Å²) in [7, 11) is 0. The summed E-state index contributed by atoms with van der Waals surface area (Å²) < 4.78 is 5.96. The third-order valence-corrected chi connectivity index (χ3v) is 3.20. The maximum absolute atomic E-state index is 8.84. The zero-order valence-corrected chi connectivity index (χ0v) is 10.7. The number of hydrogen-bond acceptors (Lipinski definition) is 4. The van der Waals surface area contributed by atoms with E-state index in [0.29, 0.717) is 19.1 Å². The third-order valence-electron chi connectivity index (χ3n) is 3.20. The van der Waals surface area contributed by atoms with Gasteiger partial charge in [0.2, 0.25) is 0 Å². The van der Waals surface area contributed by atoms with Crippen LogP contribution in [0.15, 0.2) is 0 Å². The summed E-state index contributed by atoms with van der Waals surface area (Å²) >= 11 is 0. The third kappa shape index (κ3) is 2.94. The quantitative estimate of drug-likeness (QED) is 0.756. The van der Waals surface area contributed by atoms with Crippen LogP contribution in [0.25, 0.3) is 0 Å². The van der Waals surface area contributed by atoms with E-state index in [-0.39, 0.29) is 12.3 Å². The topological polar surface area (TPSA) is 41.9 Å². The smallest absolute Gasteiger partial charge is 0.146 e. The minimum Gasteiger partial charge on any atom is -0.394 e. The summed E-state index contributed by atoms with van der Waals surface area (Å²) in [6.45, 7) is 8.32. The van der Waals surface area contributed by atoms with Crippen molar-refractivity contribution in [3.05, 3.63) is 0 Å². The predicted octanol–water partition coefficient (Wildman–Crippen LogP) is 1.79. The lowest BCUT2D eigenvalue weighted by molar-refractivity contribution is -0.337. The minimum absolute atomic E-state index is 0.0524. The van der Waals surface area contributed by atoms with Crippen molar-refractivity contribution in [2.45, 2.75) is 45.8 Å². The molecule has 1 fully saturated rings. The van der Waals surface area contributed by atoms with Crippen molar-refractivity contribution in [3.8, 4) is 0 Å². The summed E-state index contributed by atoms with van der Waals surface area (Å²) in [4.78, 5) is 5.62. The van der Waals surface area contributed by atoms with Gasteiger partial charge in [0.05, 0.1) is 13.2 Å². The molecule has 0 aromatic carbocycles. The van der Waals surface area contributed by atoms with Crippen LogP contribution < -0.4 is 0 Å². The van der Waals surface area contributed by atoms with Crippen molar-refractivity contribution in [2.75, 3.05) is 26.4 Å². The fourth-order valence-corrected chi connectivity index (χ4v) is 2.41. The van der Waals surface area contributed by atoms with Gasteiger partial charge in [-0.2, -0.15) is 5.06 Å². The zero-order chi connectivity index (χ0) is 12.0. The first-order valence-electron chi connectivity index (χ1n) is 6.32. The van der Waals surface area contributed by atoms with Gasteiger partial charge in [-0.3, -0.25) is 4.84 Å². The maximum atomic E-state index is 8.84. The van der Waals surface area contributed by atoms with Crippen molar-refractivity contribution in [1.82, 2.24) is 5.06 Å². The van der Waals surface area contributed by atoms with Gasteiger partial charge in [-0.1, -0.05) is 13.8 Å². The average Bonchev–Trinajstić information content (AvgIpc) is 2.28. The van der Waals surface area contributed by atoms with E-state index in [9.17, 15) is 0 Å². The molecule has 1 aliphatic heterocycles. The molecule has 0 saturated carbocycles. The first kappa shape index (κ1) is 13.9. The van der Waals surface area contributed by atoms with E-state index in [2.05, 4.69) is 13.8 Å². The molecule has 1 heterocycles. The Labute approximate surface area is 98.5 Å². The van der Waals surface area contributed by atoms with Crippen LogP contribution >= 0.6 is 0 Å². The van der Waals surface area contributed by atoms with Crippen LogP contribution in [-0.4, -0.2) is 42.3 Å². The first-order valence-corrected chi connectivity index (χ1v) is 6.32. The van der Waals surface area contributed by atoms with Crippen molar-refractivity contribution < 1.29 is 14.7 Å². The van der Waals surface area contributed by atoms with Crippen LogP contribution in [0.5, 0.6) is 0 Å². The molecule has 0 spiro atoms. The van der Waals surface area contributed by atoms with Gasteiger partial charge in [-0.25, -0.2) is 0 Å². The maximum Gasteiger partial charge on any atom is 0.146 e. The van der Waals surface area contributed by atoms with E-state index in [4.69, 9.17) is 14.7 Å². The number of hydroxylamine groups is 2. The Hall–Kier alpha value is -0.160. The molecule has 4 heteroatoms. The molecule has 96 valence electrons. The van der Waals surface area contributed by atoms with Crippen LogP contribution in [-0.2, 0) is 9.57 Å². The standard InChI is InChI=1S/C12H25NO3/c1-4-15-12(11(2)3)7-5-6-8-13(12)16-10-9-14/h11,14H,4-10H2,1-3H3. The van der Waals surface area contributed by atoms with Gasteiger partial charge in [0.15, 0.2) is 0 Å². The Morgan fingerprint density at radius 3 is 2.69 bits per heavy atom. The normalized spacial score (nSPS) is 27.6. The molecular formula is C12H25NO3. The molecule has 16 heavy (non-hydrogen) atoms. The number of hydrogen-bond donors (Lipinski definition) is 1. The Bertz CT molecular complexity index is 195. The zero-order valence-electron chi connectivity index (χ0n) is 10.7. The average molecular weight is 231 g/mol. The van der Waals surface area contributed by atoms with Crippen molar-refractivity contribution in [2.24, 2.45) is 5.92 Å². The monoisotopic (exact) mass is 231 g/mol. The summed E-state index contributed by atoms with van der Waals surface area (Å²) in [5, 5.41) is 10.8. The van der Waals surface area contributed by atoms with E-state index >= 15 is 0 Å². The minimum atomic E-state index is -0.303. The van der Waals surface area contributed by atoms with Gasteiger partial charge in [-0.15, -0.1) is 0 Å². The lowest BCUT2D eigenvalue weighted by Gasteiger charge is -2.48. The highest BCUT2D eigenvalue weighted by atomic mass is 16.7. The number of piperidine rings is 1. The Kier molecular flexibility index (Phi) is 5.69. The van der Waals surface area contributed by atoms with E-state index in [1.807, 2.05) is 12.0 Å². The number of aliphatic hydroxyl groups excluding tert-OH is 1. The second-order valence-corrected chi connectivity index (χ2v) is 4.55. The molecule has 1 aliphatic rings. The summed E-state index contributed by atoms with van der Waals surface area (Å²) in [5.74, 6) is 0.381. The molecule has 0 amide bonds. The molecule has 1 rings (SSSR count). The molecular weight excluding hydrogens is 206 g/mol. The van der Waals surface area contributed by atoms with Gasteiger partial charge in [0, 0.05) is 13.2 Å².